The summed E-state index contributed by atoms with van der Waals surface area (Å²) < 4.78 is 45.4. The Labute approximate surface area is 182 Å². The molecule has 1 N–H and O–H groups in total. The van der Waals surface area contributed by atoms with E-state index in [0.717, 1.165) is 12.1 Å². The summed E-state index contributed by atoms with van der Waals surface area (Å²) in [5.41, 5.74) is 0. The first-order valence-electron chi connectivity index (χ1n) is 9.63. The van der Waals surface area contributed by atoms with Gasteiger partial charge >= 0.3 is 26.4 Å². The zero-order chi connectivity index (χ0) is 23.0. The second-order valence-corrected chi connectivity index (χ2v) is 25.9. The molecular weight excluding hydrogens is 465 g/mol. The van der Waals surface area contributed by atoms with E-state index < -0.39 is 43.0 Å². The fourth-order valence-electron chi connectivity index (χ4n) is 3.17. The van der Waals surface area contributed by atoms with Crippen LogP contribution in [0.2, 0.25) is 56.9 Å². The van der Waals surface area contributed by atoms with Gasteiger partial charge in [-0.3, -0.25) is 0 Å². The van der Waals surface area contributed by atoms with E-state index in [1.165, 1.54) is 0 Å². The van der Waals surface area contributed by atoms with Gasteiger partial charge in [0.05, 0.1) is 0 Å². The lowest BCUT2D eigenvalue weighted by molar-refractivity contribution is 0.124. The predicted octanol–water partition coefficient (Wildman–Crippen LogP) is 2.75. The Hall–Kier alpha value is 0.724. The molecule has 0 aromatic heterocycles. The molecule has 0 spiro atoms. The molecule has 0 aliphatic rings. The third-order valence-corrected chi connectivity index (χ3v) is 21.7. The molecule has 0 bridgehead atoms. The maximum Gasteiger partial charge on any atom is 0.499 e. The molecule has 9 nitrogen and oxygen atoms in total. The minimum atomic E-state index is -3.32. The average Bonchev–Trinajstić information content (AvgIpc) is 2.63. The SMILES string of the molecule is CO[Si](CC[Si](C)(C)O[Si](C)(O)O[Si](C)(C)CC[Si](OC)(OC)OC)(OC)OC. The van der Waals surface area contributed by atoms with Gasteiger partial charge in [0.15, 0.2) is 16.6 Å². The maximum atomic E-state index is 11.0. The minimum Gasteiger partial charge on any atom is -0.416 e. The molecule has 0 saturated heterocycles. The van der Waals surface area contributed by atoms with Crippen molar-refractivity contribution in [1.29, 1.82) is 0 Å². The summed E-state index contributed by atoms with van der Waals surface area (Å²) in [6, 6.07) is 2.72. The fraction of sp³-hybridized carbons (Fsp3) is 1.00. The van der Waals surface area contributed by atoms with Crippen LogP contribution in [0.5, 0.6) is 0 Å². The van der Waals surface area contributed by atoms with Crippen LogP contribution in [0.25, 0.3) is 0 Å². The summed E-state index contributed by atoms with van der Waals surface area (Å²) in [5, 5.41) is 0. The first-order valence-corrected chi connectivity index (χ1v) is 22.0. The van der Waals surface area contributed by atoms with Crippen LogP contribution in [0.1, 0.15) is 0 Å². The predicted molar refractivity (Wildman–Crippen MR) is 124 cm³/mol. The molecule has 176 valence electrons. The summed E-state index contributed by atoms with van der Waals surface area (Å²) in [6.07, 6.45) is 0. The number of hydrogen-bond acceptors (Lipinski definition) is 9. The molecule has 0 atom stereocenters. The van der Waals surface area contributed by atoms with E-state index in [-0.39, 0.29) is 0 Å². The molecule has 0 amide bonds. The summed E-state index contributed by atoms with van der Waals surface area (Å²) in [5.74, 6) is 0. The Morgan fingerprint density at radius 2 is 0.724 bits per heavy atom. The van der Waals surface area contributed by atoms with Crippen LogP contribution < -0.4 is 0 Å². The molecular formula is C15H42O9Si5. The first-order chi connectivity index (χ1) is 13.2. The Morgan fingerprint density at radius 1 is 0.483 bits per heavy atom. The normalized spacial score (nSPS) is 14.5. The quantitative estimate of drug-likeness (QED) is 0.317. The van der Waals surface area contributed by atoms with Crippen LogP contribution in [-0.4, -0.2) is 90.5 Å². The monoisotopic (exact) mass is 506 g/mol. The van der Waals surface area contributed by atoms with Gasteiger partial charge in [0, 0.05) is 61.3 Å². The zero-order valence-electron chi connectivity index (χ0n) is 20.0. The van der Waals surface area contributed by atoms with Crippen molar-refractivity contribution in [1.82, 2.24) is 0 Å². The largest absolute Gasteiger partial charge is 0.499 e. The average molecular weight is 507 g/mol. The van der Waals surface area contributed by atoms with Crippen LogP contribution in [0, 0.1) is 0 Å². The Morgan fingerprint density at radius 3 is 0.931 bits per heavy atom. The van der Waals surface area contributed by atoms with Gasteiger partial charge in [0.2, 0.25) is 0 Å². The smallest absolute Gasteiger partial charge is 0.416 e. The van der Waals surface area contributed by atoms with Crippen molar-refractivity contribution in [3.63, 3.8) is 0 Å². The highest BCUT2D eigenvalue weighted by molar-refractivity contribution is 6.86. The third kappa shape index (κ3) is 10.3. The molecule has 0 aliphatic carbocycles. The molecule has 0 radical (unpaired) electrons. The summed E-state index contributed by atoms with van der Waals surface area (Å²) >= 11 is 0. The molecule has 0 aliphatic heterocycles. The lowest BCUT2D eigenvalue weighted by Crippen LogP contribution is -2.56. The van der Waals surface area contributed by atoms with E-state index in [1.807, 2.05) is 0 Å². The van der Waals surface area contributed by atoms with Crippen LogP contribution >= 0.6 is 0 Å². The van der Waals surface area contributed by atoms with Crippen LogP contribution in [0.3, 0.4) is 0 Å². The summed E-state index contributed by atoms with van der Waals surface area (Å²) in [6.45, 7) is 9.94. The number of hydrogen-bond donors (Lipinski definition) is 1. The van der Waals surface area contributed by atoms with Crippen LogP contribution in [0.15, 0.2) is 0 Å². The topological polar surface area (TPSA) is 94.1 Å². The molecule has 0 rings (SSSR count). The van der Waals surface area contributed by atoms with Crippen LogP contribution in [-0.2, 0) is 34.8 Å². The highest BCUT2D eigenvalue weighted by atomic mass is 28.5. The third-order valence-electron chi connectivity index (χ3n) is 4.86. The van der Waals surface area contributed by atoms with Gasteiger partial charge in [-0.15, -0.1) is 0 Å². The van der Waals surface area contributed by atoms with E-state index in [0.29, 0.717) is 12.1 Å². The highest BCUT2D eigenvalue weighted by Crippen LogP contribution is 2.29. The van der Waals surface area contributed by atoms with Crippen molar-refractivity contribution >= 4 is 43.0 Å². The minimum absolute atomic E-state index is 0.630. The maximum absolute atomic E-state index is 11.0. The van der Waals surface area contributed by atoms with Crippen molar-refractivity contribution in [2.45, 2.75) is 56.9 Å². The van der Waals surface area contributed by atoms with E-state index in [4.69, 9.17) is 34.8 Å². The summed E-state index contributed by atoms with van der Waals surface area (Å²) in [7, 11) is -3.57. The van der Waals surface area contributed by atoms with E-state index in [1.54, 1.807) is 49.2 Å². The highest BCUT2D eigenvalue weighted by Gasteiger charge is 2.47. The van der Waals surface area contributed by atoms with Gasteiger partial charge in [0.25, 0.3) is 0 Å². The van der Waals surface area contributed by atoms with Crippen molar-refractivity contribution in [3.05, 3.63) is 0 Å². The van der Waals surface area contributed by atoms with Crippen molar-refractivity contribution in [3.8, 4) is 0 Å². The van der Waals surface area contributed by atoms with Gasteiger partial charge in [-0.1, -0.05) is 0 Å². The standard InChI is InChI=1S/C15H42O9Si5/c1-17-28(18-2,19-3)14-12-25(7,8)23-27(11,16)24-26(9,10)13-15-29(20-4,21-5)22-6/h16H,12-15H2,1-11H3. The van der Waals surface area contributed by atoms with E-state index in [9.17, 15) is 4.80 Å². The Balaban J connectivity index is 4.97. The lowest BCUT2D eigenvalue weighted by atomic mass is 10.9. The summed E-state index contributed by atoms with van der Waals surface area (Å²) in [4.78, 5) is 11.0. The van der Waals surface area contributed by atoms with Gasteiger partial charge in [-0.25, -0.2) is 0 Å². The zero-order valence-corrected chi connectivity index (χ0v) is 25.0. The second-order valence-electron chi connectivity index (χ2n) is 8.21. The fourth-order valence-corrected chi connectivity index (χ4v) is 22.2. The van der Waals surface area contributed by atoms with Gasteiger partial charge in [-0.2, -0.15) is 0 Å². The molecule has 0 aromatic rings. The first kappa shape index (κ1) is 29.7. The van der Waals surface area contributed by atoms with Gasteiger partial charge < -0.3 is 39.6 Å². The lowest BCUT2D eigenvalue weighted by Gasteiger charge is -2.38. The van der Waals surface area contributed by atoms with E-state index >= 15 is 0 Å². The second kappa shape index (κ2) is 12.1. The van der Waals surface area contributed by atoms with Crippen molar-refractivity contribution in [2.24, 2.45) is 0 Å². The molecule has 14 heteroatoms. The van der Waals surface area contributed by atoms with Crippen LogP contribution in [0.4, 0.5) is 0 Å². The molecule has 0 saturated carbocycles. The Kier molecular flexibility index (Phi) is 12.4. The molecule has 0 heterocycles. The van der Waals surface area contributed by atoms with Crippen molar-refractivity contribution < 1.29 is 39.6 Å². The molecule has 0 aromatic carbocycles. The Bertz CT molecular complexity index is 415. The molecule has 29 heavy (non-hydrogen) atoms. The van der Waals surface area contributed by atoms with Gasteiger partial charge in [0.1, 0.15) is 0 Å². The van der Waals surface area contributed by atoms with E-state index in [2.05, 4.69) is 26.2 Å². The molecule has 0 fully saturated rings. The molecule has 0 unspecified atom stereocenters. The van der Waals surface area contributed by atoms with Crippen molar-refractivity contribution in [2.75, 3.05) is 42.7 Å². The van der Waals surface area contributed by atoms with Gasteiger partial charge in [-0.05, 0) is 38.3 Å². The number of rotatable bonds is 16.